The maximum Gasteiger partial charge on any atom is 0.342 e. The Labute approximate surface area is 62.4 Å². The molecule has 0 atom stereocenters. The van der Waals surface area contributed by atoms with Crippen LogP contribution in [0, 0.1) is 5.21 Å². The molecule has 0 saturated carbocycles. The Bertz CT molecular complexity index is 255. The summed E-state index contributed by atoms with van der Waals surface area (Å²) < 4.78 is 4.58. The van der Waals surface area contributed by atoms with Gasteiger partial charge < -0.3 is 5.21 Å². The van der Waals surface area contributed by atoms with Crippen molar-refractivity contribution in [3.8, 4) is 0 Å². The van der Waals surface area contributed by atoms with Crippen molar-refractivity contribution in [2.45, 2.75) is 0 Å². The van der Waals surface area contributed by atoms with Gasteiger partial charge in [-0.15, -0.1) is 5.11 Å². The molecule has 0 aliphatic carbocycles. The molecule has 0 radical (unpaired) electrons. The first-order valence-corrected chi connectivity index (χ1v) is 2.83. The normalized spacial score (nSPS) is 10.7. The molecule has 60 valence electrons. The van der Waals surface area contributed by atoms with Gasteiger partial charge in [-0.3, -0.25) is 4.52 Å². The van der Waals surface area contributed by atoms with Crippen molar-refractivity contribution < 1.29 is 9.31 Å². The maximum atomic E-state index is 9.63. The lowest BCUT2D eigenvalue weighted by molar-refractivity contribution is -0.753. The van der Waals surface area contributed by atoms with Gasteiger partial charge in [0.05, 0.1) is 18.9 Å². The summed E-state index contributed by atoms with van der Waals surface area (Å²) in [6, 6.07) is 0. The first kappa shape index (κ1) is 7.45. The number of hydrogen-bond donors (Lipinski definition) is 0. The highest BCUT2D eigenvalue weighted by atomic mass is 16.5. The second kappa shape index (κ2) is 2.95. The fraction of sp³-hybridized carbons (Fsp3) is 0.500. The fourth-order valence-electron chi connectivity index (χ4n) is 0.502. The van der Waals surface area contributed by atoms with Crippen LogP contribution in [0.15, 0.2) is 21.1 Å². The minimum Gasteiger partial charge on any atom is -0.775 e. The van der Waals surface area contributed by atoms with E-state index < -0.39 is 0 Å². The van der Waals surface area contributed by atoms with Crippen LogP contribution in [-0.2, 0) is 0 Å². The zero-order valence-corrected chi connectivity index (χ0v) is 6.13. The van der Waals surface area contributed by atoms with Crippen molar-refractivity contribution >= 4 is 5.88 Å². The molecule has 11 heavy (non-hydrogen) atoms. The second-order valence-corrected chi connectivity index (χ2v) is 1.99. The van der Waals surface area contributed by atoms with Gasteiger partial charge in [-0.2, -0.15) is 5.01 Å². The lowest BCUT2D eigenvalue weighted by Crippen LogP contribution is -2.53. The van der Waals surface area contributed by atoms with E-state index in [1.54, 1.807) is 19.1 Å². The Morgan fingerprint density at radius 1 is 1.73 bits per heavy atom. The van der Waals surface area contributed by atoms with Gasteiger partial charge in [0.15, 0.2) is 0 Å². The van der Waals surface area contributed by atoms with Crippen LogP contribution in [-0.4, -0.2) is 19.4 Å². The third-order valence-corrected chi connectivity index (χ3v) is 0.993. The lowest BCUT2D eigenvalue weighted by atomic mass is 10.8. The van der Waals surface area contributed by atoms with E-state index in [1.165, 1.54) is 11.0 Å². The molecule has 1 aromatic rings. The molecule has 7 nitrogen and oxygen atoms in total. The minimum atomic E-state index is 0.0775. The Morgan fingerprint density at radius 3 is 2.91 bits per heavy atom. The largest absolute Gasteiger partial charge is 0.775 e. The average Bonchev–Trinajstić information content (AvgIpc) is 2.37. The third-order valence-electron chi connectivity index (χ3n) is 0.993. The molecule has 0 amide bonds. The van der Waals surface area contributed by atoms with Crippen LogP contribution >= 0.6 is 0 Å². The predicted octanol–water partition coefficient (Wildman–Crippen LogP) is -0.259. The topological polar surface area (TPSA) is 80.9 Å². The number of aromatic nitrogens is 2. The quantitative estimate of drug-likeness (QED) is 0.336. The Kier molecular flexibility index (Phi) is 2.00. The van der Waals surface area contributed by atoms with Gasteiger partial charge in [-0.25, -0.2) is 5.28 Å². The first-order chi connectivity index (χ1) is 5.24. The Hall–Kier alpha value is -1.66. The summed E-state index contributed by atoms with van der Waals surface area (Å²) in [4.78, 5) is 1.38. The van der Waals surface area contributed by atoms with Gasteiger partial charge in [0.25, 0.3) is 0 Å². The van der Waals surface area contributed by atoms with E-state index in [0.717, 1.165) is 0 Å². The Balaban J connectivity index is 2.81. The molecule has 7 heteroatoms. The van der Waals surface area contributed by atoms with Crippen molar-refractivity contribution in [3.05, 3.63) is 11.4 Å². The smallest absolute Gasteiger partial charge is 0.342 e. The van der Waals surface area contributed by atoms with Crippen molar-refractivity contribution in [2.75, 3.05) is 19.1 Å². The Morgan fingerprint density at radius 2 is 2.45 bits per heavy atom. The van der Waals surface area contributed by atoms with Crippen LogP contribution in [0.4, 0.5) is 5.88 Å². The van der Waals surface area contributed by atoms with Crippen LogP contribution in [0.5, 0.6) is 0 Å². The average molecular weight is 157 g/mol. The van der Waals surface area contributed by atoms with E-state index in [-0.39, 0.29) is 5.88 Å². The van der Waals surface area contributed by atoms with Crippen molar-refractivity contribution in [3.63, 3.8) is 0 Å². The summed E-state index contributed by atoms with van der Waals surface area (Å²) in [6.45, 7) is 0. The third kappa shape index (κ3) is 1.63. The summed E-state index contributed by atoms with van der Waals surface area (Å²) in [5.41, 5.74) is 0. The predicted molar refractivity (Wildman–Crippen MR) is 34.6 cm³/mol. The maximum absolute atomic E-state index is 9.63. The van der Waals surface area contributed by atoms with E-state index in [0.29, 0.717) is 0 Å². The standard InChI is InChI=1S/C4H7N5O2/c1-8(2)9-3-4(5-6-10)11-7-9/h3H,1-2H3. The van der Waals surface area contributed by atoms with Crippen molar-refractivity contribution in [2.24, 2.45) is 10.4 Å². The van der Waals surface area contributed by atoms with Crippen LogP contribution in [0.3, 0.4) is 0 Å². The van der Waals surface area contributed by atoms with Crippen LogP contribution < -0.4 is 9.80 Å². The molecule has 0 spiro atoms. The molecule has 1 aromatic heterocycles. The zero-order valence-electron chi connectivity index (χ0n) is 6.13. The van der Waals surface area contributed by atoms with Gasteiger partial charge in [0.2, 0.25) is 5.27 Å². The monoisotopic (exact) mass is 157 g/mol. The van der Waals surface area contributed by atoms with E-state index in [1.807, 2.05) is 0 Å². The van der Waals surface area contributed by atoms with Crippen molar-refractivity contribution in [1.29, 1.82) is 0 Å². The molecular formula is C4H7N5O2. The van der Waals surface area contributed by atoms with Gasteiger partial charge in [-0.1, -0.05) is 0 Å². The van der Waals surface area contributed by atoms with E-state index in [9.17, 15) is 5.21 Å². The molecule has 1 heterocycles. The summed E-state index contributed by atoms with van der Waals surface area (Å²) in [5.74, 6) is 0.0775. The molecule has 0 fully saturated rings. The number of rotatable bonds is 2. The molecule has 0 aromatic carbocycles. The highest BCUT2D eigenvalue weighted by molar-refractivity contribution is 5.09. The van der Waals surface area contributed by atoms with Gasteiger partial charge in [0, 0.05) is 0 Å². The van der Waals surface area contributed by atoms with E-state index >= 15 is 0 Å². The fourth-order valence-corrected chi connectivity index (χ4v) is 0.502. The zero-order chi connectivity index (χ0) is 8.27. The highest BCUT2D eigenvalue weighted by Crippen LogP contribution is 2.04. The lowest BCUT2D eigenvalue weighted by Gasteiger charge is -1.93. The molecule has 0 saturated heterocycles. The van der Waals surface area contributed by atoms with Gasteiger partial charge >= 0.3 is 12.1 Å². The molecule has 0 N–H and O–H groups in total. The first-order valence-electron chi connectivity index (χ1n) is 2.83. The summed E-state index contributed by atoms with van der Waals surface area (Å²) in [6.07, 6.45) is 1.43. The highest BCUT2D eigenvalue weighted by Gasteiger charge is 2.11. The van der Waals surface area contributed by atoms with Crippen molar-refractivity contribution in [1.82, 2.24) is 5.27 Å². The van der Waals surface area contributed by atoms with Crippen LogP contribution in [0.1, 0.15) is 0 Å². The molecule has 1 rings (SSSR count). The number of hydrogen-bond acceptors (Lipinski definition) is 6. The summed E-state index contributed by atoms with van der Waals surface area (Å²) in [7, 11) is 3.53. The van der Waals surface area contributed by atoms with Crippen LogP contribution in [0.2, 0.25) is 0 Å². The minimum absolute atomic E-state index is 0.0775. The molecule has 0 aliphatic heterocycles. The SMILES string of the molecule is CN(C)[n+]1cc(/N=N/[O-])on1. The molecular weight excluding hydrogens is 150 g/mol. The van der Waals surface area contributed by atoms with Gasteiger partial charge in [-0.05, 0) is 0 Å². The summed E-state index contributed by atoms with van der Waals surface area (Å²) in [5, 5.41) is 20.2. The molecule has 0 bridgehead atoms. The molecule has 0 unspecified atom stereocenters. The van der Waals surface area contributed by atoms with E-state index in [2.05, 4.69) is 20.2 Å². The van der Waals surface area contributed by atoms with E-state index in [4.69, 9.17) is 0 Å². The summed E-state index contributed by atoms with van der Waals surface area (Å²) >= 11 is 0. The number of nitrogens with zero attached hydrogens (tertiary/aromatic N) is 5. The van der Waals surface area contributed by atoms with Gasteiger partial charge in [0.1, 0.15) is 0 Å². The molecule has 0 aliphatic rings. The van der Waals surface area contributed by atoms with Crippen LogP contribution in [0.25, 0.3) is 0 Å². The second-order valence-electron chi connectivity index (χ2n) is 1.99.